The SMILES string of the molecule is COc1cc(N2CCCC(CCBr)C2)ncn1. The number of ether oxygens (including phenoxy) is 1. The second kappa shape index (κ2) is 6.19. The number of alkyl halides is 1. The van der Waals surface area contributed by atoms with Crippen molar-refractivity contribution in [2.24, 2.45) is 5.92 Å². The van der Waals surface area contributed by atoms with Crippen LogP contribution in [0.15, 0.2) is 12.4 Å². The maximum absolute atomic E-state index is 5.13. The van der Waals surface area contributed by atoms with Gasteiger partial charge in [0.2, 0.25) is 5.88 Å². The first-order valence-electron chi connectivity index (χ1n) is 6.00. The zero-order chi connectivity index (χ0) is 12.1. The quantitative estimate of drug-likeness (QED) is 0.801. The third-order valence-corrected chi connectivity index (χ3v) is 3.65. The summed E-state index contributed by atoms with van der Waals surface area (Å²) in [5.41, 5.74) is 0. The van der Waals surface area contributed by atoms with E-state index in [0.29, 0.717) is 5.88 Å². The predicted octanol–water partition coefficient (Wildman–Crippen LogP) is 2.49. The molecule has 0 saturated carbocycles. The van der Waals surface area contributed by atoms with Gasteiger partial charge in [0.05, 0.1) is 7.11 Å². The summed E-state index contributed by atoms with van der Waals surface area (Å²) < 4.78 is 5.13. The highest BCUT2D eigenvalue weighted by Gasteiger charge is 2.20. The Morgan fingerprint density at radius 3 is 3.18 bits per heavy atom. The third kappa shape index (κ3) is 3.31. The van der Waals surface area contributed by atoms with Crippen LogP contribution in [0, 0.1) is 5.92 Å². The van der Waals surface area contributed by atoms with E-state index in [0.717, 1.165) is 30.2 Å². The Kier molecular flexibility index (Phi) is 4.59. The number of methoxy groups -OCH3 is 1. The van der Waals surface area contributed by atoms with Crippen LogP contribution in [0.3, 0.4) is 0 Å². The first-order valence-corrected chi connectivity index (χ1v) is 7.12. The van der Waals surface area contributed by atoms with Crippen molar-refractivity contribution in [2.45, 2.75) is 19.3 Å². The average molecular weight is 300 g/mol. The van der Waals surface area contributed by atoms with Gasteiger partial charge in [0.25, 0.3) is 0 Å². The summed E-state index contributed by atoms with van der Waals surface area (Å²) in [5.74, 6) is 2.39. The molecular weight excluding hydrogens is 282 g/mol. The van der Waals surface area contributed by atoms with E-state index in [4.69, 9.17) is 4.74 Å². The van der Waals surface area contributed by atoms with Crippen molar-refractivity contribution in [2.75, 3.05) is 30.4 Å². The Labute approximate surface area is 111 Å². The molecule has 1 unspecified atom stereocenters. The van der Waals surface area contributed by atoms with Gasteiger partial charge in [0.1, 0.15) is 12.1 Å². The molecule has 1 saturated heterocycles. The Bertz CT molecular complexity index is 359. The van der Waals surface area contributed by atoms with Crippen LogP contribution in [0.1, 0.15) is 19.3 Å². The Morgan fingerprint density at radius 2 is 2.41 bits per heavy atom. The summed E-state index contributed by atoms with van der Waals surface area (Å²) in [5, 5.41) is 1.08. The van der Waals surface area contributed by atoms with Gasteiger partial charge in [-0.05, 0) is 25.2 Å². The molecule has 17 heavy (non-hydrogen) atoms. The van der Waals surface area contributed by atoms with Crippen molar-refractivity contribution < 1.29 is 4.74 Å². The number of aromatic nitrogens is 2. The van der Waals surface area contributed by atoms with E-state index in [1.54, 1.807) is 13.4 Å². The summed E-state index contributed by atoms with van der Waals surface area (Å²) in [4.78, 5) is 10.7. The highest BCUT2D eigenvalue weighted by atomic mass is 79.9. The van der Waals surface area contributed by atoms with E-state index in [2.05, 4.69) is 30.8 Å². The molecule has 0 bridgehead atoms. The van der Waals surface area contributed by atoms with Crippen molar-refractivity contribution in [3.8, 4) is 5.88 Å². The van der Waals surface area contributed by atoms with E-state index >= 15 is 0 Å². The van der Waals surface area contributed by atoms with Crippen molar-refractivity contribution in [3.05, 3.63) is 12.4 Å². The largest absolute Gasteiger partial charge is 0.481 e. The smallest absolute Gasteiger partial charge is 0.218 e. The molecule has 94 valence electrons. The summed E-state index contributed by atoms with van der Waals surface area (Å²) in [6.07, 6.45) is 5.37. The van der Waals surface area contributed by atoms with E-state index in [-0.39, 0.29) is 0 Å². The molecule has 2 rings (SSSR count). The predicted molar refractivity (Wildman–Crippen MR) is 71.9 cm³/mol. The molecule has 1 aromatic heterocycles. The lowest BCUT2D eigenvalue weighted by Gasteiger charge is -2.33. The van der Waals surface area contributed by atoms with Gasteiger partial charge in [-0.1, -0.05) is 15.9 Å². The fraction of sp³-hybridized carbons (Fsp3) is 0.667. The molecule has 5 heteroatoms. The minimum atomic E-state index is 0.637. The van der Waals surface area contributed by atoms with Gasteiger partial charge in [-0.2, -0.15) is 0 Å². The molecule has 0 aromatic carbocycles. The molecule has 0 spiro atoms. The number of halogens is 1. The van der Waals surface area contributed by atoms with Crippen molar-refractivity contribution in [3.63, 3.8) is 0 Å². The molecular formula is C12H18BrN3O. The Balaban J connectivity index is 2.05. The summed E-state index contributed by atoms with van der Waals surface area (Å²) in [7, 11) is 1.63. The van der Waals surface area contributed by atoms with Crippen molar-refractivity contribution in [1.29, 1.82) is 0 Å². The van der Waals surface area contributed by atoms with Crippen LogP contribution in [0.5, 0.6) is 5.88 Å². The van der Waals surface area contributed by atoms with Crippen molar-refractivity contribution >= 4 is 21.7 Å². The van der Waals surface area contributed by atoms with Crippen LogP contribution in [-0.2, 0) is 0 Å². The molecule has 4 nitrogen and oxygen atoms in total. The van der Waals surface area contributed by atoms with Crippen LogP contribution < -0.4 is 9.64 Å². The minimum Gasteiger partial charge on any atom is -0.481 e. The molecule has 1 atom stereocenters. The summed E-state index contributed by atoms with van der Waals surface area (Å²) in [6.45, 7) is 2.17. The second-order valence-electron chi connectivity index (χ2n) is 4.35. The molecule has 2 heterocycles. The van der Waals surface area contributed by atoms with Crippen LogP contribution in [0.2, 0.25) is 0 Å². The van der Waals surface area contributed by atoms with Gasteiger partial charge in [-0.3, -0.25) is 0 Å². The van der Waals surface area contributed by atoms with Gasteiger partial charge >= 0.3 is 0 Å². The number of hydrogen-bond donors (Lipinski definition) is 0. The molecule has 0 N–H and O–H groups in total. The number of rotatable bonds is 4. The lowest BCUT2D eigenvalue weighted by molar-refractivity contribution is 0.392. The fourth-order valence-electron chi connectivity index (χ4n) is 2.28. The molecule has 1 aliphatic heterocycles. The summed E-state index contributed by atoms with van der Waals surface area (Å²) in [6, 6.07) is 1.91. The second-order valence-corrected chi connectivity index (χ2v) is 5.14. The number of anilines is 1. The Hall–Kier alpha value is -0.840. The molecule has 0 aliphatic carbocycles. The van der Waals surface area contributed by atoms with Gasteiger partial charge in [0, 0.05) is 24.5 Å². The molecule has 0 amide bonds. The van der Waals surface area contributed by atoms with Crippen molar-refractivity contribution in [1.82, 2.24) is 9.97 Å². The van der Waals surface area contributed by atoms with Crippen LogP contribution in [-0.4, -0.2) is 35.5 Å². The summed E-state index contributed by atoms with van der Waals surface area (Å²) >= 11 is 3.52. The third-order valence-electron chi connectivity index (χ3n) is 3.20. The lowest BCUT2D eigenvalue weighted by Crippen LogP contribution is -2.36. The van der Waals surface area contributed by atoms with Gasteiger partial charge in [-0.25, -0.2) is 9.97 Å². The fourth-order valence-corrected chi connectivity index (χ4v) is 2.93. The highest BCUT2D eigenvalue weighted by Crippen LogP contribution is 2.25. The standard InChI is InChI=1S/C12H18BrN3O/c1-17-12-7-11(14-9-15-12)16-6-2-3-10(8-16)4-5-13/h7,9-10H,2-6,8H2,1H3. The maximum atomic E-state index is 5.13. The van der Waals surface area contributed by atoms with E-state index in [1.165, 1.54) is 19.3 Å². The van der Waals surface area contributed by atoms with E-state index in [9.17, 15) is 0 Å². The van der Waals surface area contributed by atoms with E-state index < -0.39 is 0 Å². The molecule has 0 radical (unpaired) electrons. The van der Waals surface area contributed by atoms with E-state index in [1.807, 2.05) is 6.07 Å². The molecule has 1 fully saturated rings. The normalized spacial score (nSPS) is 20.4. The van der Waals surface area contributed by atoms with Crippen LogP contribution in [0.25, 0.3) is 0 Å². The average Bonchev–Trinajstić information content (AvgIpc) is 2.40. The molecule has 1 aliphatic rings. The zero-order valence-electron chi connectivity index (χ0n) is 10.1. The maximum Gasteiger partial charge on any atom is 0.218 e. The number of nitrogens with zero attached hydrogens (tertiary/aromatic N) is 3. The zero-order valence-corrected chi connectivity index (χ0v) is 11.7. The molecule has 1 aromatic rings. The first kappa shape index (κ1) is 12.6. The monoisotopic (exact) mass is 299 g/mol. The minimum absolute atomic E-state index is 0.637. The van der Waals surface area contributed by atoms with Gasteiger partial charge < -0.3 is 9.64 Å². The highest BCUT2D eigenvalue weighted by molar-refractivity contribution is 9.09. The van der Waals surface area contributed by atoms with Gasteiger partial charge in [-0.15, -0.1) is 0 Å². The van der Waals surface area contributed by atoms with Crippen LogP contribution >= 0.6 is 15.9 Å². The van der Waals surface area contributed by atoms with Crippen LogP contribution in [0.4, 0.5) is 5.82 Å². The topological polar surface area (TPSA) is 38.2 Å². The number of hydrogen-bond acceptors (Lipinski definition) is 4. The first-order chi connectivity index (χ1) is 8.33. The lowest BCUT2D eigenvalue weighted by atomic mass is 9.96. The number of piperidine rings is 1. The Morgan fingerprint density at radius 1 is 1.53 bits per heavy atom. The van der Waals surface area contributed by atoms with Gasteiger partial charge in [0.15, 0.2) is 0 Å².